The Labute approximate surface area is 206 Å². The van der Waals surface area contributed by atoms with Crippen molar-refractivity contribution in [1.29, 1.82) is 0 Å². The Morgan fingerprint density at radius 3 is 2.66 bits per heavy atom. The lowest BCUT2D eigenvalue weighted by Gasteiger charge is -2.29. The molecule has 0 atom stereocenters. The van der Waals surface area contributed by atoms with Gasteiger partial charge in [-0.3, -0.25) is 14.3 Å². The maximum Gasteiger partial charge on any atom is 0.250 e. The van der Waals surface area contributed by atoms with Crippen LogP contribution in [0.2, 0.25) is 0 Å². The Kier molecular flexibility index (Phi) is 6.31. The fraction of sp³-hybridized carbons (Fsp3) is 0.462. The van der Waals surface area contributed by atoms with Gasteiger partial charge in [0, 0.05) is 24.7 Å². The third kappa shape index (κ3) is 5.45. The summed E-state index contributed by atoms with van der Waals surface area (Å²) in [6.45, 7) is 13.9. The van der Waals surface area contributed by atoms with E-state index in [0.717, 1.165) is 35.7 Å². The maximum atomic E-state index is 12.8. The first kappa shape index (κ1) is 24.7. The molecule has 1 amide bonds. The third-order valence-electron chi connectivity index (χ3n) is 6.14. The number of hydrogen-bond acceptors (Lipinski definition) is 6. The van der Waals surface area contributed by atoms with Gasteiger partial charge in [-0.25, -0.2) is 4.68 Å². The van der Waals surface area contributed by atoms with Crippen molar-refractivity contribution in [2.75, 3.05) is 11.9 Å². The van der Waals surface area contributed by atoms with Gasteiger partial charge >= 0.3 is 0 Å². The minimum absolute atomic E-state index is 0.0366. The summed E-state index contributed by atoms with van der Waals surface area (Å²) >= 11 is 0. The number of rotatable bonds is 7. The van der Waals surface area contributed by atoms with E-state index < -0.39 is 5.91 Å². The highest BCUT2D eigenvalue weighted by atomic mass is 16.1. The number of primary amides is 1. The number of carbonyl (C=O) groups is 2. The summed E-state index contributed by atoms with van der Waals surface area (Å²) in [4.78, 5) is 25.0. The molecule has 9 heteroatoms. The van der Waals surface area contributed by atoms with E-state index in [2.05, 4.69) is 55.4 Å². The van der Waals surface area contributed by atoms with Crippen LogP contribution in [0.1, 0.15) is 73.1 Å². The fourth-order valence-corrected chi connectivity index (χ4v) is 4.59. The van der Waals surface area contributed by atoms with Crippen LogP contribution < -0.4 is 16.4 Å². The molecule has 35 heavy (non-hydrogen) atoms. The van der Waals surface area contributed by atoms with E-state index in [4.69, 9.17) is 5.73 Å². The van der Waals surface area contributed by atoms with E-state index in [-0.39, 0.29) is 16.7 Å². The number of Topliss-reactive ketones (excluding diaryl/α,β-unsaturated/α-hetero) is 1. The Hall–Kier alpha value is -3.46. The van der Waals surface area contributed by atoms with Gasteiger partial charge < -0.3 is 16.4 Å². The number of nitrogens with zero attached hydrogens (tertiary/aromatic N) is 4. The second kappa shape index (κ2) is 8.96. The molecule has 0 bridgehead atoms. The predicted octanol–water partition coefficient (Wildman–Crippen LogP) is 3.76. The number of fused-ring (bicyclic) bond motifs is 1. The van der Waals surface area contributed by atoms with Crippen LogP contribution in [-0.4, -0.2) is 43.3 Å². The molecule has 2 heterocycles. The topological polar surface area (TPSA) is 120 Å². The average molecular weight is 478 g/mol. The maximum absolute atomic E-state index is 12.8. The van der Waals surface area contributed by atoms with Crippen molar-refractivity contribution in [3.63, 3.8) is 0 Å². The molecule has 3 aromatic rings. The van der Waals surface area contributed by atoms with Crippen molar-refractivity contribution in [1.82, 2.24) is 24.9 Å². The normalized spacial score (nSPS) is 15.2. The molecule has 0 saturated carbocycles. The molecule has 4 N–H and O–H groups in total. The molecule has 0 fully saturated rings. The summed E-state index contributed by atoms with van der Waals surface area (Å²) in [5, 5.41) is 15.8. The first-order valence-corrected chi connectivity index (χ1v) is 11.9. The van der Waals surface area contributed by atoms with Crippen molar-refractivity contribution >= 4 is 23.1 Å². The molecule has 0 aliphatic heterocycles. The quantitative estimate of drug-likeness (QED) is 0.477. The van der Waals surface area contributed by atoms with Gasteiger partial charge in [-0.1, -0.05) is 13.8 Å². The number of anilines is 2. The van der Waals surface area contributed by atoms with Crippen LogP contribution in [0, 0.1) is 12.3 Å². The second-order valence-corrected chi connectivity index (χ2v) is 11.1. The number of aryl methyl sites for hydroxylation is 1. The molecule has 1 aliphatic rings. The zero-order valence-corrected chi connectivity index (χ0v) is 21.4. The molecular weight excluding hydrogens is 442 g/mol. The highest BCUT2D eigenvalue weighted by Crippen LogP contribution is 2.37. The smallest absolute Gasteiger partial charge is 0.250 e. The molecule has 1 aliphatic carbocycles. The number of nitrogens with two attached hydrogens (primary N) is 1. The molecule has 0 radical (unpaired) electrons. The molecule has 0 spiro atoms. The zero-order chi connectivity index (χ0) is 25.5. The number of carbonyl (C=O) groups excluding carboxylic acids is 2. The van der Waals surface area contributed by atoms with Crippen molar-refractivity contribution in [2.24, 2.45) is 11.1 Å². The van der Waals surface area contributed by atoms with Crippen molar-refractivity contribution in [2.45, 2.75) is 66.5 Å². The summed E-state index contributed by atoms with van der Waals surface area (Å²) in [6.07, 6.45) is 4.86. The van der Waals surface area contributed by atoms with E-state index in [9.17, 15) is 9.59 Å². The molecule has 4 rings (SSSR count). The van der Waals surface area contributed by atoms with Crippen LogP contribution in [0.25, 0.3) is 5.69 Å². The van der Waals surface area contributed by atoms with E-state index >= 15 is 0 Å². The first-order chi connectivity index (χ1) is 16.3. The monoisotopic (exact) mass is 477 g/mol. The van der Waals surface area contributed by atoms with Crippen LogP contribution >= 0.6 is 0 Å². The van der Waals surface area contributed by atoms with Crippen LogP contribution in [0.15, 0.2) is 30.6 Å². The lowest BCUT2D eigenvalue weighted by Crippen LogP contribution is -2.37. The zero-order valence-electron chi connectivity index (χ0n) is 21.4. The summed E-state index contributed by atoms with van der Waals surface area (Å²) in [6, 6.07) is 5.35. The predicted molar refractivity (Wildman–Crippen MR) is 137 cm³/mol. The number of ketones is 1. The summed E-state index contributed by atoms with van der Waals surface area (Å²) in [5.74, 6) is -0.406. The highest BCUT2D eigenvalue weighted by molar-refractivity contribution is 6.01. The van der Waals surface area contributed by atoms with E-state index in [0.29, 0.717) is 29.8 Å². The molecule has 1 aromatic carbocycles. The Morgan fingerprint density at radius 1 is 1.23 bits per heavy atom. The number of benzene rings is 1. The van der Waals surface area contributed by atoms with E-state index in [1.807, 2.05) is 34.6 Å². The highest BCUT2D eigenvalue weighted by Gasteiger charge is 2.35. The number of nitrogens with one attached hydrogen (secondary N) is 2. The van der Waals surface area contributed by atoms with E-state index in [1.54, 1.807) is 12.3 Å². The Bertz CT molecular complexity index is 1280. The second-order valence-electron chi connectivity index (χ2n) is 11.1. The van der Waals surface area contributed by atoms with Gasteiger partial charge in [0.25, 0.3) is 5.91 Å². The lowest BCUT2D eigenvalue weighted by molar-refractivity contribution is 0.0909. The minimum Gasteiger partial charge on any atom is -0.366 e. The van der Waals surface area contributed by atoms with Gasteiger partial charge in [0.1, 0.15) is 0 Å². The van der Waals surface area contributed by atoms with Crippen molar-refractivity contribution < 1.29 is 9.59 Å². The van der Waals surface area contributed by atoms with Gasteiger partial charge in [0.15, 0.2) is 5.78 Å². The van der Waals surface area contributed by atoms with Gasteiger partial charge in [-0.2, -0.15) is 10.2 Å². The first-order valence-electron chi connectivity index (χ1n) is 11.9. The third-order valence-corrected chi connectivity index (χ3v) is 6.14. The fourth-order valence-electron chi connectivity index (χ4n) is 4.59. The van der Waals surface area contributed by atoms with Gasteiger partial charge in [0.05, 0.1) is 52.3 Å². The van der Waals surface area contributed by atoms with Gasteiger partial charge in [0.2, 0.25) is 0 Å². The van der Waals surface area contributed by atoms with Gasteiger partial charge in [-0.15, -0.1) is 0 Å². The SMILES string of the molecule is Cc1nn(-c2ccc(C(N)=O)c(Nc3cnn(CCNC(C)(C)C)c3)c2)c2c1C(=O)CC(C)(C)C2. The molecule has 186 valence electrons. The summed E-state index contributed by atoms with van der Waals surface area (Å²) < 4.78 is 3.66. The summed E-state index contributed by atoms with van der Waals surface area (Å²) in [5.41, 5.74) is 10.3. The average Bonchev–Trinajstić information content (AvgIpc) is 3.29. The minimum atomic E-state index is -0.532. The van der Waals surface area contributed by atoms with Gasteiger partial charge in [-0.05, 0) is 57.7 Å². The molecule has 0 saturated heterocycles. The lowest BCUT2D eigenvalue weighted by atomic mass is 9.75. The van der Waals surface area contributed by atoms with Crippen molar-refractivity contribution in [3.8, 4) is 5.69 Å². The number of hydrogen-bond donors (Lipinski definition) is 3. The van der Waals surface area contributed by atoms with Crippen LogP contribution in [0.4, 0.5) is 11.4 Å². The molecule has 9 nitrogen and oxygen atoms in total. The largest absolute Gasteiger partial charge is 0.366 e. The Balaban J connectivity index is 1.64. The van der Waals surface area contributed by atoms with Crippen LogP contribution in [0.3, 0.4) is 0 Å². The summed E-state index contributed by atoms with van der Waals surface area (Å²) in [7, 11) is 0. The van der Waals surface area contributed by atoms with Crippen LogP contribution in [-0.2, 0) is 13.0 Å². The van der Waals surface area contributed by atoms with Crippen molar-refractivity contribution in [3.05, 3.63) is 53.1 Å². The standard InChI is InChI=1S/C26H35N7O2/c1-16-23-21(12-26(5,6)13-22(23)34)33(31-16)18-7-8-19(24(27)35)20(11-18)30-17-14-29-32(15-17)10-9-28-25(2,3)4/h7-8,11,14-15,28,30H,9-10,12-13H2,1-6H3,(H2,27,35). The number of aromatic nitrogens is 4. The number of amides is 1. The van der Waals surface area contributed by atoms with E-state index in [1.165, 1.54) is 0 Å². The van der Waals surface area contributed by atoms with Crippen LogP contribution in [0.5, 0.6) is 0 Å². The molecular formula is C26H35N7O2. The molecule has 2 aromatic heterocycles. The molecule has 0 unspecified atom stereocenters. The Morgan fingerprint density at radius 2 is 1.97 bits per heavy atom.